The number of amides is 1. The zero-order valence-electron chi connectivity index (χ0n) is 14.6. The fourth-order valence-electron chi connectivity index (χ4n) is 3.34. The van der Waals surface area contributed by atoms with Crippen molar-refractivity contribution in [1.29, 1.82) is 0 Å². The standard InChI is InChI=1S/C16H23N3O5S/c1-11-7-8-12(14(9-11)19(21)22)17-16(20)10-18(2)13-5-4-6-15(13)25(3,23)24/h7-9,13,15H,4-6,10H2,1-3H3,(H,17,20)/t13-,15+/m0/s1. The first kappa shape index (κ1) is 19.3. The predicted molar refractivity (Wildman–Crippen MR) is 95.4 cm³/mol. The van der Waals surface area contributed by atoms with E-state index in [-0.39, 0.29) is 24.0 Å². The summed E-state index contributed by atoms with van der Waals surface area (Å²) in [7, 11) is -1.47. The van der Waals surface area contributed by atoms with Crippen LogP contribution >= 0.6 is 0 Å². The molecule has 1 aromatic carbocycles. The zero-order chi connectivity index (χ0) is 18.8. The first-order valence-electron chi connectivity index (χ1n) is 8.03. The second-order valence-electron chi connectivity index (χ2n) is 6.61. The van der Waals surface area contributed by atoms with Crippen LogP contribution < -0.4 is 5.32 Å². The van der Waals surface area contributed by atoms with Crippen LogP contribution in [-0.2, 0) is 14.6 Å². The van der Waals surface area contributed by atoms with Gasteiger partial charge >= 0.3 is 0 Å². The molecule has 1 aliphatic carbocycles. The lowest BCUT2D eigenvalue weighted by Gasteiger charge is -2.28. The van der Waals surface area contributed by atoms with E-state index in [0.29, 0.717) is 12.8 Å². The number of benzene rings is 1. The number of anilines is 1. The summed E-state index contributed by atoms with van der Waals surface area (Å²) in [6.45, 7) is 1.71. The van der Waals surface area contributed by atoms with E-state index in [9.17, 15) is 23.3 Å². The van der Waals surface area contributed by atoms with Gasteiger partial charge < -0.3 is 5.32 Å². The van der Waals surface area contributed by atoms with Gasteiger partial charge in [-0.1, -0.05) is 12.5 Å². The Labute approximate surface area is 147 Å². The number of nitro groups is 1. The molecule has 0 aromatic heterocycles. The molecule has 0 heterocycles. The molecule has 0 unspecified atom stereocenters. The molecule has 1 amide bonds. The molecule has 1 saturated carbocycles. The van der Waals surface area contributed by atoms with Gasteiger partial charge in [0.2, 0.25) is 5.91 Å². The van der Waals surface area contributed by atoms with Crippen molar-refractivity contribution in [1.82, 2.24) is 4.90 Å². The first-order valence-corrected chi connectivity index (χ1v) is 9.99. The Morgan fingerprint density at radius 3 is 2.68 bits per heavy atom. The molecule has 2 rings (SSSR count). The third-order valence-corrected chi connectivity index (χ3v) is 6.20. The van der Waals surface area contributed by atoms with Gasteiger partial charge in [-0.3, -0.25) is 19.8 Å². The molecular formula is C16H23N3O5S. The summed E-state index contributed by atoms with van der Waals surface area (Å²) < 4.78 is 23.7. The van der Waals surface area contributed by atoms with E-state index < -0.39 is 25.9 Å². The van der Waals surface area contributed by atoms with Crippen LogP contribution in [0.15, 0.2) is 18.2 Å². The van der Waals surface area contributed by atoms with Gasteiger partial charge in [0.25, 0.3) is 5.69 Å². The summed E-state index contributed by atoms with van der Waals surface area (Å²) in [5.74, 6) is -0.409. The van der Waals surface area contributed by atoms with Crippen LogP contribution in [0.3, 0.4) is 0 Å². The monoisotopic (exact) mass is 369 g/mol. The van der Waals surface area contributed by atoms with Gasteiger partial charge in [-0.15, -0.1) is 0 Å². The first-order chi connectivity index (χ1) is 11.6. The highest BCUT2D eigenvalue weighted by Gasteiger charge is 2.37. The van der Waals surface area contributed by atoms with Gasteiger partial charge in [0.1, 0.15) is 5.69 Å². The molecule has 25 heavy (non-hydrogen) atoms. The number of nitrogens with one attached hydrogen (secondary N) is 1. The number of aryl methyl sites for hydroxylation is 1. The Kier molecular flexibility index (Phi) is 5.79. The largest absolute Gasteiger partial charge is 0.319 e. The summed E-state index contributed by atoms with van der Waals surface area (Å²) in [6, 6.07) is 4.37. The number of hydrogen-bond donors (Lipinski definition) is 1. The average molecular weight is 369 g/mol. The Morgan fingerprint density at radius 1 is 1.40 bits per heavy atom. The Hall–Kier alpha value is -2.00. The fraction of sp³-hybridized carbons (Fsp3) is 0.562. The van der Waals surface area contributed by atoms with Crippen molar-refractivity contribution in [2.45, 2.75) is 37.5 Å². The van der Waals surface area contributed by atoms with Crippen LogP contribution in [0.1, 0.15) is 24.8 Å². The quantitative estimate of drug-likeness (QED) is 0.604. The smallest absolute Gasteiger partial charge is 0.293 e. The minimum Gasteiger partial charge on any atom is -0.319 e. The highest BCUT2D eigenvalue weighted by molar-refractivity contribution is 7.91. The maximum atomic E-state index is 12.3. The maximum absolute atomic E-state index is 12.3. The van der Waals surface area contributed by atoms with Crippen LogP contribution in [0.25, 0.3) is 0 Å². The summed E-state index contributed by atoms with van der Waals surface area (Å²) >= 11 is 0. The molecule has 0 radical (unpaired) electrons. The lowest BCUT2D eigenvalue weighted by Crippen LogP contribution is -2.44. The van der Waals surface area contributed by atoms with E-state index in [0.717, 1.165) is 12.0 Å². The van der Waals surface area contributed by atoms with Crippen molar-refractivity contribution in [3.05, 3.63) is 33.9 Å². The van der Waals surface area contributed by atoms with E-state index in [4.69, 9.17) is 0 Å². The molecule has 138 valence electrons. The third-order valence-electron chi connectivity index (χ3n) is 4.55. The Morgan fingerprint density at radius 2 is 2.08 bits per heavy atom. The molecule has 9 heteroatoms. The van der Waals surface area contributed by atoms with E-state index in [1.807, 2.05) is 0 Å². The predicted octanol–water partition coefficient (Wildman–Crippen LogP) is 1.74. The van der Waals surface area contributed by atoms with Gasteiger partial charge in [0, 0.05) is 18.4 Å². The van der Waals surface area contributed by atoms with Crippen LogP contribution in [0.2, 0.25) is 0 Å². The van der Waals surface area contributed by atoms with E-state index in [2.05, 4.69) is 5.32 Å². The van der Waals surface area contributed by atoms with Crippen molar-refractivity contribution in [2.24, 2.45) is 0 Å². The summed E-state index contributed by atoms with van der Waals surface area (Å²) in [5.41, 5.74) is 0.703. The van der Waals surface area contributed by atoms with Crippen molar-refractivity contribution < 1.29 is 18.1 Å². The van der Waals surface area contributed by atoms with E-state index >= 15 is 0 Å². The molecular weight excluding hydrogens is 346 g/mol. The Balaban J connectivity index is 2.07. The van der Waals surface area contributed by atoms with Crippen molar-refractivity contribution in [3.63, 3.8) is 0 Å². The summed E-state index contributed by atoms with van der Waals surface area (Å²) in [4.78, 5) is 24.6. The molecule has 1 aromatic rings. The van der Waals surface area contributed by atoms with Gasteiger partial charge in [0.05, 0.1) is 16.7 Å². The average Bonchev–Trinajstić information content (AvgIpc) is 2.98. The number of hydrogen-bond acceptors (Lipinski definition) is 6. The number of carbonyl (C=O) groups excluding carboxylic acids is 1. The molecule has 1 fully saturated rings. The van der Waals surface area contributed by atoms with Gasteiger partial charge in [-0.25, -0.2) is 8.42 Å². The summed E-state index contributed by atoms with van der Waals surface area (Å²) in [6.07, 6.45) is 3.34. The van der Waals surface area contributed by atoms with Crippen molar-refractivity contribution >= 4 is 27.1 Å². The fourth-order valence-corrected chi connectivity index (χ4v) is 4.85. The highest BCUT2D eigenvalue weighted by Crippen LogP contribution is 2.29. The number of nitro benzene ring substituents is 1. The number of likely N-dealkylation sites (N-methyl/N-ethyl adjacent to an activating group) is 1. The molecule has 0 bridgehead atoms. The number of nitrogens with zero attached hydrogens (tertiary/aromatic N) is 2. The van der Waals surface area contributed by atoms with Crippen LogP contribution in [0.5, 0.6) is 0 Å². The van der Waals surface area contributed by atoms with E-state index in [1.54, 1.807) is 24.9 Å². The van der Waals surface area contributed by atoms with Crippen molar-refractivity contribution in [3.8, 4) is 0 Å². The lowest BCUT2D eigenvalue weighted by molar-refractivity contribution is -0.384. The third kappa shape index (κ3) is 4.76. The molecule has 2 atom stereocenters. The van der Waals surface area contributed by atoms with E-state index in [1.165, 1.54) is 18.4 Å². The lowest BCUT2D eigenvalue weighted by atomic mass is 10.2. The second kappa shape index (κ2) is 7.49. The minimum absolute atomic E-state index is 0.0261. The minimum atomic E-state index is -3.18. The summed E-state index contributed by atoms with van der Waals surface area (Å²) in [5, 5.41) is 13.2. The topological polar surface area (TPSA) is 110 Å². The van der Waals surface area contributed by atoms with Gasteiger partial charge in [0.15, 0.2) is 9.84 Å². The normalized spacial score (nSPS) is 20.6. The molecule has 0 spiro atoms. The SMILES string of the molecule is Cc1ccc(NC(=O)CN(C)[C@H]2CCC[C@H]2S(C)(=O)=O)c([N+](=O)[O-])c1. The van der Waals surface area contributed by atoms with Crippen LogP contribution in [-0.4, -0.2) is 55.3 Å². The highest BCUT2D eigenvalue weighted by atomic mass is 32.2. The number of sulfone groups is 1. The van der Waals surface area contributed by atoms with Gasteiger partial charge in [-0.05, 0) is 38.4 Å². The molecule has 1 N–H and O–H groups in total. The molecule has 8 nitrogen and oxygen atoms in total. The van der Waals surface area contributed by atoms with Crippen LogP contribution in [0.4, 0.5) is 11.4 Å². The zero-order valence-corrected chi connectivity index (χ0v) is 15.4. The van der Waals surface area contributed by atoms with Crippen molar-refractivity contribution in [2.75, 3.05) is 25.2 Å². The van der Waals surface area contributed by atoms with Crippen LogP contribution in [0, 0.1) is 17.0 Å². The molecule has 0 saturated heterocycles. The molecule has 1 aliphatic rings. The number of carbonyl (C=O) groups is 1. The Bertz CT molecular complexity index is 778. The second-order valence-corrected chi connectivity index (χ2v) is 8.87. The number of rotatable bonds is 6. The van der Waals surface area contributed by atoms with Gasteiger partial charge in [-0.2, -0.15) is 0 Å². The molecule has 0 aliphatic heterocycles. The maximum Gasteiger partial charge on any atom is 0.293 e.